The Balaban J connectivity index is 1.76. The maximum absolute atomic E-state index is 4.65. The minimum absolute atomic E-state index is 0.896. The van der Waals surface area contributed by atoms with Crippen LogP contribution in [0.2, 0.25) is 0 Å². The second-order valence-electron chi connectivity index (χ2n) is 5.33. The van der Waals surface area contributed by atoms with Gasteiger partial charge in [0.15, 0.2) is 5.16 Å². The lowest BCUT2D eigenvalue weighted by molar-refractivity contribution is 1.08. The van der Waals surface area contributed by atoms with E-state index < -0.39 is 0 Å². The molecule has 0 fully saturated rings. The predicted octanol–water partition coefficient (Wildman–Crippen LogP) is 5.08. The van der Waals surface area contributed by atoms with Crippen LogP contribution in [-0.4, -0.2) is 15.0 Å². The summed E-state index contributed by atoms with van der Waals surface area (Å²) in [5.41, 5.74) is 5.37. The van der Waals surface area contributed by atoms with Gasteiger partial charge in [-0.2, -0.15) is 0 Å². The van der Waals surface area contributed by atoms with E-state index in [9.17, 15) is 0 Å². The zero-order valence-corrected chi connectivity index (χ0v) is 13.5. The van der Waals surface area contributed by atoms with Crippen LogP contribution in [-0.2, 0) is 0 Å². The fourth-order valence-corrected chi connectivity index (χ4v) is 3.54. The van der Waals surface area contributed by atoms with Crippen molar-refractivity contribution in [2.45, 2.75) is 17.0 Å². The molecule has 4 rings (SSSR count). The molecule has 0 radical (unpaired) electrons. The fourth-order valence-electron chi connectivity index (χ4n) is 2.60. The predicted molar refractivity (Wildman–Crippen MR) is 94.6 cm³/mol. The summed E-state index contributed by atoms with van der Waals surface area (Å²) >= 11 is 1.64. The first-order valence-corrected chi connectivity index (χ1v) is 8.26. The summed E-state index contributed by atoms with van der Waals surface area (Å²) in [5, 5.41) is 0.896. The molecule has 4 aromatic rings. The van der Waals surface area contributed by atoms with Gasteiger partial charge in [-0.1, -0.05) is 48.2 Å². The molecule has 3 nitrogen and oxygen atoms in total. The summed E-state index contributed by atoms with van der Waals surface area (Å²) < 4.78 is 0. The van der Waals surface area contributed by atoms with Crippen LogP contribution >= 0.6 is 11.8 Å². The van der Waals surface area contributed by atoms with E-state index in [4.69, 9.17) is 0 Å². The summed E-state index contributed by atoms with van der Waals surface area (Å²) in [7, 11) is 0. The summed E-state index contributed by atoms with van der Waals surface area (Å²) in [5.74, 6) is 0. The first-order valence-electron chi connectivity index (χ1n) is 7.45. The highest BCUT2D eigenvalue weighted by Crippen LogP contribution is 2.35. The number of para-hydroxylation sites is 2. The average molecular weight is 317 g/mol. The Morgan fingerprint density at radius 1 is 0.913 bits per heavy atom. The highest BCUT2D eigenvalue weighted by Gasteiger charge is 2.11. The van der Waals surface area contributed by atoms with Crippen molar-refractivity contribution in [3.8, 4) is 11.3 Å². The van der Waals surface area contributed by atoms with E-state index in [2.05, 4.69) is 40.1 Å². The Kier molecular flexibility index (Phi) is 3.60. The van der Waals surface area contributed by atoms with Gasteiger partial charge in [0, 0.05) is 16.7 Å². The molecule has 0 spiro atoms. The van der Waals surface area contributed by atoms with Gasteiger partial charge in [0.2, 0.25) is 0 Å². The molecule has 0 unspecified atom stereocenters. The Labute approximate surface area is 138 Å². The zero-order valence-electron chi connectivity index (χ0n) is 12.7. The maximum Gasteiger partial charge on any atom is 0.171 e. The van der Waals surface area contributed by atoms with E-state index in [-0.39, 0.29) is 0 Å². The third-order valence-corrected chi connectivity index (χ3v) is 4.69. The number of imidazole rings is 1. The molecule has 2 aromatic carbocycles. The number of H-pyrrole nitrogens is 1. The van der Waals surface area contributed by atoms with Gasteiger partial charge >= 0.3 is 0 Å². The molecule has 0 aliphatic rings. The third-order valence-electron chi connectivity index (χ3n) is 3.73. The van der Waals surface area contributed by atoms with Gasteiger partial charge in [-0.3, -0.25) is 4.98 Å². The molecule has 4 heteroatoms. The topological polar surface area (TPSA) is 41.6 Å². The highest BCUT2D eigenvalue weighted by atomic mass is 32.2. The monoisotopic (exact) mass is 317 g/mol. The molecular formula is C19H15N3S. The van der Waals surface area contributed by atoms with Gasteiger partial charge in [-0.25, -0.2) is 4.98 Å². The Hall–Kier alpha value is -2.59. The summed E-state index contributed by atoms with van der Waals surface area (Å²) in [4.78, 5) is 13.7. The van der Waals surface area contributed by atoms with Crippen molar-refractivity contribution in [3.05, 3.63) is 72.4 Å². The number of hydrogen-bond acceptors (Lipinski definition) is 3. The van der Waals surface area contributed by atoms with Crippen molar-refractivity contribution in [3.63, 3.8) is 0 Å². The molecule has 0 aliphatic carbocycles. The lowest BCUT2D eigenvalue weighted by atomic mass is 10.1. The largest absolute Gasteiger partial charge is 0.333 e. The van der Waals surface area contributed by atoms with Crippen LogP contribution in [0.5, 0.6) is 0 Å². The van der Waals surface area contributed by atoms with E-state index in [0.717, 1.165) is 32.3 Å². The number of benzene rings is 2. The molecule has 0 saturated carbocycles. The van der Waals surface area contributed by atoms with Crippen molar-refractivity contribution in [1.29, 1.82) is 0 Å². The van der Waals surface area contributed by atoms with Crippen molar-refractivity contribution in [1.82, 2.24) is 15.0 Å². The van der Waals surface area contributed by atoms with Gasteiger partial charge < -0.3 is 4.98 Å². The quantitative estimate of drug-likeness (QED) is 0.572. The van der Waals surface area contributed by atoms with Crippen LogP contribution in [0.1, 0.15) is 5.56 Å². The second-order valence-corrected chi connectivity index (χ2v) is 6.36. The maximum atomic E-state index is 4.65. The van der Waals surface area contributed by atoms with Crippen LogP contribution in [0.15, 0.2) is 76.9 Å². The molecule has 2 aromatic heterocycles. The molecule has 0 amide bonds. The SMILES string of the molecule is Cc1cccnc1-c1ccccc1Sc1nc2ccccc2[nH]1. The number of pyridine rings is 1. The smallest absolute Gasteiger partial charge is 0.171 e. The van der Waals surface area contributed by atoms with Gasteiger partial charge in [0.25, 0.3) is 0 Å². The van der Waals surface area contributed by atoms with Crippen molar-refractivity contribution in [2.24, 2.45) is 0 Å². The normalized spacial score (nSPS) is 11.0. The van der Waals surface area contributed by atoms with E-state index in [1.54, 1.807) is 11.8 Å². The molecule has 0 saturated heterocycles. The van der Waals surface area contributed by atoms with Gasteiger partial charge in [0.05, 0.1) is 16.7 Å². The Morgan fingerprint density at radius 3 is 2.61 bits per heavy atom. The molecular weight excluding hydrogens is 302 g/mol. The van der Waals surface area contributed by atoms with Crippen LogP contribution in [0.3, 0.4) is 0 Å². The Bertz CT molecular complexity index is 942. The van der Waals surface area contributed by atoms with E-state index in [0.29, 0.717) is 0 Å². The number of nitrogens with zero attached hydrogens (tertiary/aromatic N) is 2. The molecule has 0 aliphatic heterocycles. The first-order chi connectivity index (χ1) is 11.3. The van der Waals surface area contributed by atoms with Crippen LogP contribution in [0, 0.1) is 6.92 Å². The minimum Gasteiger partial charge on any atom is -0.333 e. The first kappa shape index (κ1) is 14.0. The molecule has 2 heterocycles. The summed E-state index contributed by atoms with van der Waals surface area (Å²) in [6, 6.07) is 20.5. The van der Waals surface area contributed by atoms with Crippen LogP contribution < -0.4 is 0 Å². The van der Waals surface area contributed by atoms with Crippen molar-refractivity contribution < 1.29 is 0 Å². The lowest BCUT2D eigenvalue weighted by Gasteiger charge is -2.09. The van der Waals surface area contributed by atoms with E-state index >= 15 is 0 Å². The lowest BCUT2D eigenvalue weighted by Crippen LogP contribution is -1.89. The molecule has 0 bridgehead atoms. The summed E-state index contributed by atoms with van der Waals surface area (Å²) in [6.07, 6.45) is 1.84. The Morgan fingerprint density at radius 2 is 1.74 bits per heavy atom. The number of nitrogens with one attached hydrogen (secondary N) is 1. The van der Waals surface area contributed by atoms with Crippen LogP contribution in [0.4, 0.5) is 0 Å². The van der Waals surface area contributed by atoms with Crippen molar-refractivity contribution in [2.75, 3.05) is 0 Å². The highest BCUT2D eigenvalue weighted by molar-refractivity contribution is 7.99. The number of aryl methyl sites for hydroxylation is 1. The average Bonchev–Trinajstić information content (AvgIpc) is 2.98. The zero-order chi connectivity index (χ0) is 15.6. The minimum atomic E-state index is 0.896. The van der Waals surface area contributed by atoms with Crippen molar-refractivity contribution >= 4 is 22.8 Å². The van der Waals surface area contributed by atoms with Gasteiger partial charge in [-0.15, -0.1) is 0 Å². The molecule has 112 valence electrons. The molecule has 0 atom stereocenters. The third kappa shape index (κ3) is 2.73. The molecule has 23 heavy (non-hydrogen) atoms. The van der Waals surface area contributed by atoms with Gasteiger partial charge in [0.1, 0.15) is 0 Å². The van der Waals surface area contributed by atoms with E-state index in [1.165, 1.54) is 5.56 Å². The fraction of sp³-hybridized carbons (Fsp3) is 0.0526. The number of rotatable bonds is 3. The standard InChI is InChI=1S/C19H15N3S/c1-13-7-6-12-20-18(13)14-8-2-5-11-17(14)23-19-21-15-9-3-4-10-16(15)22-19/h2-12H,1H3,(H,21,22). The van der Waals surface area contributed by atoms with Gasteiger partial charge in [-0.05, 0) is 36.8 Å². The number of hydrogen-bond donors (Lipinski definition) is 1. The number of aromatic nitrogens is 3. The summed E-state index contributed by atoms with van der Waals surface area (Å²) in [6.45, 7) is 2.09. The number of fused-ring (bicyclic) bond motifs is 1. The molecule has 1 N–H and O–H groups in total. The number of aromatic amines is 1. The van der Waals surface area contributed by atoms with Crippen LogP contribution in [0.25, 0.3) is 22.3 Å². The van der Waals surface area contributed by atoms with E-state index in [1.807, 2.05) is 48.7 Å². The second kappa shape index (κ2) is 5.89.